The Balaban J connectivity index is 0.00000144. The first-order valence-corrected chi connectivity index (χ1v) is 5.10. The van der Waals surface area contributed by atoms with E-state index in [1.54, 1.807) is 14.2 Å². The van der Waals surface area contributed by atoms with E-state index in [1.165, 1.54) is 0 Å². The summed E-state index contributed by atoms with van der Waals surface area (Å²) in [4.78, 5) is 4.25. The Labute approximate surface area is 111 Å². The Kier molecular flexibility index (Phi) is 5.09. The Morgan fingerprint density at radius 3 is 2.29 bits per heavy atom. The second kappa shape index (κ2) is 6.34. The molecule has 1 aromatic carbocycles. The topological polar surface area (TPSA) is 54.9 Å². The molecule has 6 heteroatoms. The molecule has 0 radical (unpaired) electrons. The van der Waals surface area contributed by atoms with Crippen LogP contribution < -0.4 is 20.1 Å². The predicted molar refractivity (Wildman–Crippen MR) is 73.8 cm³/mol. The number of nitrogens with zero attached hydrogens (tertiary/aromatic N) is 1. The number of methoxy groups -OCH3 is 2. The van der Waals surface area contributed by atoms with Gasteiger partial charge in [0.05, 0.1) is 20.8 Å². The van der Waals surface area contributed by atoms with Crippen molar-refractivity contribution in [2.45, 2.75) is 0 Å². The van der Waals surface area contributed by atoms with Gasteiger partial charge in [-0.25, -0.2) is 0 Å². The maximum absolute atomic E-state index is 5.18. The zero-order valence-electron chi connectivity index (χ0n) is 9.82. The van der Waals surface area contributed by atoms with E-state index in [0.717, 1.165) is 36.2 Å². The summed E-state index contributed by atoms with van der Waals surface area (Å²) in [5.74, 6) is 2.29. The van der Waals surface area contributed by atoms with Gasteiger partial charge in [0.15, 0.2) is 5.96 Å². The van der Waals surface area contributed by atoms with Gasteiger partial charge in [0, 0.05) is 30.4 Å². The van der Waals surface area contributed by atoms with Crippen LogP contribution in [0.1, 0.15) is 0 Å². The standard InChI is InChI=1S/C11H15N3O2.BrH/c1-15-9-5-8(6-10(7-9)16-2)14-11-12-3-4-13-11;/h5-7H,3-4H2,1-2H3,(H2,12,13,14);1H. The lowest BCUT2D eigenvalue weighted by molar-refractivity contribution is 0.395. The zero-order valence-corrected chi connectivity index (χ0v) is 11.5. The first-order valence-electron chi connectivity index (χ1n) is 5.10. The number of aliphatic imine (C=N–C) groups is 1. The molecule has 0 atom stereocenters. The van der Waals surface area contributed by atoms with E-state index in [4.69, 9.17) is 9.47 Å². The highest BCUT2D eigenvalue weighted by Gasteiger charge is 2.07. The summed E-state index contributed by atoms with van der Waals surface area (Å²) in [5.41, 5.74) is 0.893. The molecule has 0 spiro atoms. The van der Waals surface area contributed by atoms with Crippen molar-refractivity contribution in [1.29, 1.82) is 0 Å². The number of benzene rings is 1. The van der Waals surface area contributed by atoms with Crippen LogP contribution in [0.3, 0.4) is 0 Å². The maximum Gasteiger partial charge on any atom is 0.195 e. The van der Waals surface area contributed by atoms with Gasteiger partial charge in [-0.05, 0) is 0 Å². The van der Waals surface area contributed by atoms with Crippen molar-refractivity contribution in [3.8, 4) is 11.5 Å². The Hall–Kier alpha value is -1.43. The number of halogens is 1. The highest BCUT2D eigenvalue weighted by molar-refractivity contribution is 8.93. The van der Waals surface area contributed by atoms with Crippen molar-refractivity contribution < 1.29 is 9.47 Å². The molecule has 2 rings (SSSR count). The minimum absolute atomic E-state index is 0. The van der Waals surface area contributed by atoms with Crippen molar-refractivity contribution in [3.05, 3.63) is 18.2 Å². The van der Waals surface area contributed by atoms with E-state index in [1.807, 2.05) is 18.2 Å². The lowest BCUT2D eigenvalue weighted by Gasteiger charge is -2.10. The van der Waals surface area contributed by atoms with Gasteiger partial charge in [-0.1, -0.05) is 0 Å². The minimum Gasteiger partial charge on any atom is -0.497 e. The van der Waals surface area contributed by atoms with Gasteiger partial charge in [0.1, 0.15) is 11.5 Å². The van der Waals surface area contributed by atoms with Crippen LogP contribution in [0.15, 0.2) is 23.2 Å². The van der Waals surface area contributed by atoms with Gasteiger partial charge in [-0.3, -0.25) is 4.99 Å². The van der Waals surface area contributed by atoms with Crippen LogP contribution in [0.5, 0.6) is 11.5 Å². The predicted octanol–water partition coefficient (Wildman–Crippen LogP) is 1.65. The van der Waals surface area contributed by atoms with E-state index < -0.39 is 0 Å². The molecule has 0 fully saturated rings. The fourth-order valence-corrected chi connectivity index (χ4v) is 1.50. The Morgan fingerprint density at radius 1 is 1.18 bits per heavy atom. The van der Waals surface area contributed by atoms with Gasteiger partial charge >= 0.3 is 0 Å². The van der Waals surface area contributed by atoms with Crippen LogP contribution in [0.25, 0.3) is 0 Å². The molecule has 1 aliphatic rings. The van der Waals surface area contributed by atoms with Crippen molar-refractivity contribution >= 4 is 28.6 Å². The molecule has 1 aromatic rings. The maximum atomic E-state index is 5.18. The molecule has 0 saturated carbocycles. The molecule has 0 amide bonds. The molecule has 0 aromatic heterocycles. The molecule has 17 heavy (non-hydrogen) atoms. The van der Waals surface area contributed by atoms with Crippen LogP contribution >= 0.6 is 17.0 Å². The van der Waals surface area contributed by atoms with E-state index >= 15 is 0 Å². The fraction of sp³-hybridized carbons (Fsp3) is 0.364. The van der Waals surface area contributed by atoms with Crippen LogP contribution in [0, 0.1) is 0 Å². The Morgan fingerprint density at radius 2 is 1.82 bits per heavy atom. The second-order valence-corrected chi connectivity index (χ2v) is 3.38. The molecule has 5 nitrogen and oxygen atoms in total. The van der Waals surface area contributed by atoms with Crippen LogP contribution in [-0.4, -0.2) is 33.3 Å². The molecular formula is C11H16BrN3O2. The lowest BCUT2D eigenvalue weighted by Crippen LogP contribution is -2.26. The first-order chi connectivity index (χ1) is 7.81. The van der Waals surface area contributed by atoms with E-state index in [0.29, 0.717) is 0 Å². The number of anilines is 1. The molecular weight excluding hydrogens is 286 g/mol. The number of guanidine groups is 1. The summed E-state index contributed by atoms with van der Waals surface area (Å²) < 4.78 is 10.4. The normalized spacial score (nSPS) is 13.2. The third-order valence-corrected chi connectivity index (χ3v) is 2.29. The quantitative estimate of drug-likeness (QED) is 0.891. The number of nitrogens with one attached hydrogen (secondary N) is 2. The third kappa shape index (κ3) is 3.52. The van der Waals surface area contributed by atoms with Gasteiger partial charge < -0.3 is 20.1 Å². The number of hydrogen-bond acceptors (Lipinski definition) is 5. The van der Waals surface area contributed by atoms with Crippen molar-refractivity contribution in [1.82, 2.24) is 5.32 Å². The van der Waals surface area contributed by atoms with E-state index in [-0.39, 0.29) is 17.0 Å². The van der Waals surface area contributed by atoms with Crippen LogP contribution in [0.4, 0.5) is 5.69 Å². The van der Waals surface area contributed by atoms with E-state index in [9.17, 15) is 0 Å². The van der Waals surface area contributed by atoms with E-state index in [2.05, 4.69) is 15.6 Å². The highest BCUT2D eigenvalue weighted by atomic mass is 79.9. The number of rotatable bonds is 3. The molecule has 0 bridgehead atoms. The second-order valence-electron chi connectivity index (χ2n) is 3.38. The summed E-state index contributed by atoms with van der Waals surface area (Å²) in [5, 5.41) is 6.31. The van der Waals surface area contributed by atoms with Crippen molar-refractivity contribution in [3.63, 3.8) is 0 Å². The zero-order chi connectivity index (χ0) is 11.4. The average molecular weight is 302 g/mol. The SMILES string of the molecule is Br.COc1cc(NC2=NCCN2)cc(OC)c1. The summed E-state index contributed by atoms with van der Waals surface area (Å²) in [7, 11) is 3.26. The molecule has 0 aliphatic carbocycles. The van der Waals surface area contributed by atoms with Gasteiger partial charge in [0.25, 0.3) is 0 Å². The van der Waals surface area contributed by atoms with Crippen LogP contribution in [-0.2, 0) is 0 Å². The molecule has 2 N–H and O–H groups in total. The Bertz CT molecular complexity index is 387. The summed E-state index contributed by atoms with van der Waals surface area (Å²) in [6, 6.07) is 5.62. The van der Waals surface area contributed by atoms with Crippen molar-refractivity contribution in [2.24, 2.45) is 4.99 Å². The highest BCUT2D eigenvalue weighted by Crippen LogP contribution is 2.25. The van der Waals surface area contributed by atoms with Gasteiger partial charge in [-0.2, -0.15) is 0 Å². The lowest BCUT2D eigenvalue weighted by atomic mass is 10.3. The summed E-state index contributed by atoms with van der Waals surface area (Å²) in [6.07, 6.45) is 0. The molecule has 0 unspecified atom stereocenters. The summed E-state index contributed by atoms with van der Waals surface area (Å²) >= 11 is 0. The molecule has 94 valence electrons. The smallest absolute Gasteiger partial charge is 0.195 e. The van der Waals surface area contributed by atoms with Gasteiger partial charge in [-0.15, -0.1) is 17.0 Å². The number of ether oxygens (including phenoxy) is 2. The molecule has 1 aliphatic heterocycles. The number of hydrogen-bond donors (Lipinski definition) is 2. The minimum atomic E-state index is 0. The van der Waals surface area contributed by atoms with Gasteiger partial charge in [0.2, 0.25) is 0 Å². The van der Waals surface area contributed by atoms with Crippen LogP contribution in [0.2, 0.25) is 0 Å². The average Bonchev–Trinajstić information content (AvgIpc) is 2.81. The third-order valence-electron chi connectivity index (χ3n) is 2.29. The molecule has 0 saturated heterocycles. The molecule has 1 heterocycles. The van der Waals surface area contributed by atoms with Crippen molar-refractivity contribution in [2.75, 3.05) is 32.6 Å². The largest absolute Gasteiger partial charge is 0.497 e. The summed E-state index contributed by atoms with van der Waals surface area (Å²) in [6.45, 7) is 1.69. The first kappa shape index (κ1) is 13.6. The monoisotopic (exact) mass is 301 g/mol. The fourth-order valence-electron chi connectivity index (χ4n) is 1.50.